The third-order valence-corrected chi connectivity index (χ3v) is 6.43. The lowest BCUT2D eigenvalue weighted by Crippen LogP contribution is -2.54. The second kappa shape index (κ2) is 9.79. The summed E-state index contributed by atoms with van der Waals surface area (Å²) >= 11 is 0. The number of rotatable bonds is 6. The largest absolute Gasteiger partial charge is 0.490 e. The average Bonchev–Trinajstić information content (AvgIpc) is 2.86. The van der Waals surface area contributed by atoms with E-state index in [0.717, 1.165) is 43.9 Å². The highest BCUT2D eigenvalue weighted by molar-refractivity contribution is 5.77. The van der Waals surface area contributed by atoms with Crippen molar-refractivity contribution < 1.29 is 28.2 Å². The zero-order valence-electron chi connectivity index (χ0n) is 18.7. The van der Waals surface area contributed by atoms with Crippen LogP contribution < -0.4 is 4.74 Å². The number of nitrogens with zero attached hydrogens (tertiary/aromatic N) is 2. The lowest BCUT2D eigenvalue weighted by Gasteiger charge is -2.41. The minimum atomic E-state index is -1.38. The quantitative estimate of drug-likeness (QED) is 0.737. The lowest BCUT2D eigenvalue weighted by atomic mass is 9.75. The molecule has 1 aliphatic carbocycles. The molecule has 1 aromatic rings. The van der Waals surface area contributed by atoms with Gasteiger partial charge >= 0.3 is 0 Å². The summed E-state index contributed by atoms with van der Waals surface area (Å²) in [5, 5.41) is 11.5. The van der Waals surface area contributed by atoms with Crippen molar-refractivity contribution in [1.82, 2.24) is 9.80 Å². The van der Waals surface area contributed by atoms with Crippen molar-refractivity contribution in [2.45, 2.75) is 51.2 Å². The molecule has 6 nitrogen and oxygen atoms in total. The van der Waals surface area contributed by atoms with Crippen molar-refractivity contribution in [3.05, 3.63) is 29.8 Å². The van der Waals surface area contributed by atoms with Crippen LogP contribution >= 0.6 is 0 Å². The summed E-state index contributed by atoms with van der Waals surface area (Å²) in [4.78, 5) is 16.3. The molecule has 1 amide bonds. The van der Waals surface area contributed by atoms with Crippen molar-refractivity contribution in [3.8, 4) is 5.75 Å². The number of benzene rings is 1. The van der Waals surface area contributed by atoms with E-state index in [4.69, 9.17) is 9.47 Å². The fraction of sp³-hybridized carbons (Fsp3) is 0.696. The molecule has 1 atom stereocenters. The molecular formula is C23H34F2N2O4. The zero-order valence-corrected chi connectivity index (χ0v) is 18.7. The Morgan fingerprint density at radius 1 is 1.13 bits per heavy atom. The molecule has 2 fully saturated rings. The fourth-order valence-corrected chi connectivity index (χ4v) is 4.60. The Hall–Kier alpha value is -1.77. The van der Waals surface area contributed by atoms with Gasteiger partial charge in [-0.1, -0.05) is 13.8 Å². The monoisotopic (exact) mass is 440 g/mol. The summed E-state index contributed by atoms with van der Waals surface area (Å²) in [5.41, 5.74) is -1.06. The number of β-amino-alcohol motifs (C(OH)–C–C–N with tert-alkyl or cyclic N) is 1. The molecule has 0 aromatic heterocycles. The third kappa shape index (κ3) is 6.60. The summed E-state index contributed by atoms with van der Waals surface area (Å²) in [6.45, 7) is 5.84. The predicted octanol–water partition coefficient (Wildman–Crippen LogP) is 2.83. The molecule has 0 spiro atoms. The summed E-state index contributed by atoms with van der Waals surface area (Å²) in [7, 11) is 1.46. The van der Waals surface area contributed by atoms with Crippen molar-refractivity contribution in [2.24, 2.45) is 5.41 Å². The molecule has 1 aromatic carbocycles. The van der Waals surface area contributed by atoms with Gasteiger partial charge in [0.2, 0.25) is 5.91 Å². The van der Waals surface area contributed by atoms with Gasteiger partial charge in [-0.2, -0.15) is 0 Å². The van der Waals surface area contributed by atoms with Crippen LogP contribution in [-0.4, -0.2) is 79.0 Å². The topological polar surface area (TPSA) is 62.2 Å². The van der Waals surface area contributed by atoms with Crippen LogP contribution in [0.5, 0.6) is 5.75 Å². The van der Waals surface area contributed by atoms with Gasteiger partial charge in [0.15, 0.2) is 0 Å². The standard InChI is InChI=1S/C23H34F2N2O4/c1-22(2)6-4-19(5-7-22)26-8-9-27(21(28)13-30-3)15-23(29,14-26)16-31-20-11-17(24)10-18(25)12-20/h10-12,19,29H,4-9,13-16H2,1-3H3. The average molecular weight is 441 g/mol. The number of methoxy groups -OCH3 is 1. The maximum Gasteiger partial charge on any atom is 0.248 e. The number of hydrogen-bond acceptors (Lipinski definition) is 5. The molecule has 31 heavy (non-hydrogen) atoms. The molecule has 1 aliphatic heterocycles. The Labute approximate surface area is 183 Å². The van der Waals surface area contributed by atoms with E-state index in [0.29, 0.717) is 31.1 Å². The van der Waals surface area contributed by atoms with Crippen LogP contribution in [0.2, 0.25) is 0 Å². The van der Waals surface area contributed by atoms with Gasteiger partial charge in [-0.05, 0) is 31.1 Å². The van der Waals surface area contributed by atoms with Crippen molar-refractivity contribution in [1.29, 1.82) is 0 Å². The molecular weight excluding hydrogens is 406 g/mol. The summed E-state index contributed by atoms with van der Waals surface area (Å²) < 4.78 is 37.6. The number of halogens is 2. The first-order valence-electron chi connectivity index (χ1n) is 10.9. The molecule has 0 bridgehead atoms. The van der Waals surface area contributed by atoms with Gasteiger partial charge in [0.05, 0.1) is 6.54 Å². The molecule has 1 saturated carbocycles. The molecule has 0 radical (unpaired) electrons. The van der Waals surface area contributed by atoms with Gasteiger partial charge in [0.1, 0.15) is 36.2 Å². The molecule has 174 valence electrons. The number of ether oxygens (including phenoxy) is 2. The Morgan fingerprint density at radius 3 is 2.39 bits per heavy atom. The first-order chi connectivity index (χ1) is 14.6. The van der Waals surface area contributed by atoms with Crippen molar-refractivity contribution in [3.63, 3.8) is 0 Å². The number of amides is 1. The molecule has 2 aliphatic rings. The highest BCUT2D eigenvalue weighted by Crippen LogP contribution is 2.37. The number of aliphatic hydroxyl groups is 1. The van der Waals surface area contributed by atoms with Gasteiger partial charge in [-0.3, -0.25) is 9.69 Å². The van der Waals surface area contributed by atoms with Crippen LogP contribution in [0.1, 0.15) is 39.5 Å². The van der Waals surface area contributed by atoms with Gasteiger partial charge in [-0.25, -0.2) is 8.78 Å². The highest BCUT2D eigenvalue weighted by Gasteiger charge is 2.40. The maximum absolute atomic E-state index is 13.5. The Bertz CT molecular complexity index is 746. The molecule has 8 heteroatoms. The normalized spacial score (nSPS) is 25.3. The molecule has 1 heterocycles. The van der Waals surface area contributed by atoms with Crippen LogP contribution in [-0.2, 0) is 9.53 Å². The summed E-state index contributed by atoms with van der Waals surface area (Å²) in [6.07, 6.45) is 4.28. The third-order valence-electron chi connectivity index (χ3n) is 6.43. The first-order valence-corrected chi connectivity index (χ1v) is 10.9. The Morgan fingerprint density at radius 2 is 1.77 bits per heavy atom. The highest BCUT2D eigenvalue weighted by atomic mass is 19.1. The van der Waals surface area contributed by atoms with Crippen LogP contribution in [0, 0.1) is 17.0 Å². The smallest absolute Gasteiger partial charge is 0.248 e. The molecule has 3 rings (SSSR count). The second-order valence-corrected chi connectivity index (χ2v) is 9.73. The van der Waals surface area contributed by atoms with Gasteiger partial charge in [-0.15, -0.1) is 0 Å². The van der Waals surface area contributed by atoms with Gasteiger partial charge in [0, 0.05) is 51.0 Å². The Balaban J connectivity index is 1.75. The van der Waals surface area contributed by atoms with E-state index in [2.05, 4.69) is 18.7 Å². The summed E-state index contributed by atoms with van der Waals surface area (Å²) in [6, 6.07) is 3.25. The van der Waals surface area contributed by atoms with Gasteiger partial charge < -0.3 is 19.5 Å². The minimum absolute atomic E-state index is 0.0101. The Kier molecular flexibility index (Phi) is 7.55. The summed E-state index contributed by atoms with van der Waals surface area (Å²) in [5.74, 6) is -1.68. The zero-order chi connectivity index (χ0) is 22.6. The van der Waals surface area contributed by atoms with Crippen LogP contribution in [0.3, 0.4) is 0 Å². The van der Waals surface area contributed by atoms with E-state index in [1.807, 2.05) is 0 Å². The SMILES string of the molecule is COCC(=O)N1CCN(C2CCC(C)(C)CC2)CC(O)(COc2cc(F)cc(F)c2)C1. The van der Waals surface area contributed by atoms with Crippen molar-refractivity contribution >= 4 is 5.91 Å². The van der Waals surface area contributed by atoms with E-state index in [1.54, 1.807) is 4.90 Å². The molecule has 1 saturated heterocycles. The minimum Gasteiger partial charge on any atom is -0.490 e. The van der Waals surface area contributed by atoms with Crippen LogP contribution in [0.4, 0.5) is 8.78 Å². The number of carbonyl (C=O) groups is 1. The van der Waals surface area contributed by atoms with E-state index in [-0.39, 0.29) is 31.4 Å². The first kappa shape index (κ1) is 23.9. The van der Waals surface area contributed by atoms with Crippen molar-refractivity contribution in [2.75, 3.05) is 46.5 Å². The molecule has 1 unspecified atom stereocenters. The fourth-order valence-electron chi connectivity index (χ4n) is 4.60. The number of hydrogen-bond donors (Lipinski definition) is 1. The van der Waals surface area contributed by atoms with Gasteiger partial charge in [0.25, 0.3) is 0 Å². The predicted molar refractivity (Wildman–Crippen MR) is 113 cm³/mol. The van der Waals surface area contributed by atoms with Crippen LogP contribution in [0.15, 0.2) is 18.2 Å². The van der Waals surface area contributed by atoms with Crippen LogP contribution in [0.25, 0.3) is 0 Å². The second-order valence-electron chi connectivity index (χ2n) is 9.73. The van der Waals surface area contributed by atoms with E-state index >= 15 is 0 Å². The van der Waals surface area contributed by atoms with E-state index in [1.165, 1.54) is 7.11 Å². The number of carbonyl (C=O) groups excluding carboxylic acids is 1. The lowest BCUT2D eigenvalue weighted by molar-refractivity contribution is -0.138. The van der Waals surface area contributed by atoms with E-state index in [9.17, 15) is 18.7 Å². The van der Waals surface area contributed by atoms with E-state index < -0.39 is 17.2 Å². The molecule has 1 N–H and O–H groups in total. The maximum atomic E-state index is 13.5.